The van der Waals surface area contributed by atoms with Crippen LogP contribution in [0.25, 0.3) is 0 Å². The Labute approximate surface area is 126 Å². The molecule has 3 rings (SSSR count). The third kappa shape index (κ3) is 1.93. The molecule has 1 aliphatic heterocycles. The fraction of sp³-hybridized carbons (Fsp3) is 0.267. The van der Waals surface area contributed by atoms with Gasteiger partial charge in [0.2, 0.25) is 5.91 Å². The monoisotopic (exact) mass is 331 g/mol. The Morgan fingerprint density at radius 1 is 1.20 bits per heavy atom. The van der Waals surface area contributed by atoms with Gasteiger partial charge >= 0.3 is 0 Å². The largest absolute Gasteiger partial charge is 0.304 e. The van der Waals surface area contributed by atoms with Crippen LogP contribution in [0, 0.1) is 0 Å². The minimum absolute atomic E-state index is 0.0758. The number of anilines is 1. The minimum atomic E-state index is -0.537. The molecule has 0 N–H and O–H groups in total. The maximum absolute atomic E-state index is 12.7. The summed E-state index contributed by atoms with van der Waals surface area (Å²) in [5.74, 6) is 0.719. The van der Waals surface area contributed by atoms with Crippen LogP contribution in [0.2, 0.25) is 0 Å². The average Bonchev–Trinajstić information content (AvgIpc) is 2.62. The molecule has 0 saturated carbocycles. The summed E-state index contributed by atoms with van der Waals surface area (Å²) in [6.07, 6.45) is 3.38. The highest BCUT2D eigenvalue weighted by molar-refractivity contribution is 9.10. The first kappa shape index (κ1) is 13.2. The van der Waals surface area contributed by atoms with Crippen LogP contribution in [0.5, 0.6) is 0 Å². The second kappa shape index (κ2) is 4.66. The maximum atomic E-state index is 12.7. The van der Waals surface area contributed by atoms with Gasteiger partial charge in [0.15, 0.2) is 0 Å². The highest BCUT2D eigenvalue weighted by Gasteiger charge is 2.45. The Bertz CT molecular complexity index is 670. The Balaban J connectivity index is 2.06. The SMILES string of the molecule is CC1(C)C(=O)N(Cc2ncccn2)c2cccc(Br)c21. The number of halogens is 1. The second-order valence-electron chi connectivity index (χ2n) is 5.32. The quantitative estimate of drug-likeness (QED) is 0.849. The van der Waals surface area contributed by atoms with E-state index >= 15 is 0 Å². The van der Waals surface area contributed by atoms with Gasteiger partial charge in [-0.05, 0) is 32.0 Å². The zero-order valence-corrected chi connectivity index (χ0v) is 12.9. The summed E-state index contributed by atoms with van der Waals surface area (Å²) in [6, 6.07) is 7.65. The Kier molecular flexibility index (Phi) is 3.09. The van der Waals surface area contributed by atoms with Crippen molar-refractivity contribution in [1.82, 2.24) is 9.97 Å². The van der Waals surface area contributed by atoms with Crippen LogP contribution in [-0.2, 0) is 16.8 Å². The van der Waals surface area contributed by atoms with E-state index < -0.39 is 5.41 Å². The minimum Gasteiger partial charge on any atom is -0.304 e. The van der Waals surface area contributed by atoms with E-state index in [1.54, 1.807) is 23.4 Å². The molecule has 0 radical (unpaired) electrons. The van der Waals surface area contributed by atoms with Gasteiger partial charge in [0, 0.05) is 28.1 Å². The van der Waals surface area contributed by atoms with E-state index in [-0.39, 0.29) is 5.91 Å². The van der Waals surface area contributed by atoms with Crippen molar-refractivity contribution in [3.05, 3.63) is 52.5 Å². The van der Waals surface area contributed by atoms with Gasteiger partial charge < -0.3 is 4.90 Å². The van der Waals surface area contributed by atoms with Crippen molar-refractivity contribution in [3.63, 3.8) is 0 Å². The number of nitrogens with zero attached hydrogens (tertiary/aromatic N) is 3. The molecule has 102 valence electrons. The van der Waals surface area contributed by atoms with Crippen molar-refractivity contribution < 1.29 is 4.79 Å². The van der Waals surface area contributed by atoms with E-state index in [0.29, 0.717) is 12.4 Å². The fourth-order valence-electron chi connectivity index (χ4n) is 2.62. The summed E-state index contributed by atoms with van der Waals surface area (Å²) in [5, 5.41) is 0. The topological polar surface area (TPSA) is 46.1 Å². The second-order valence-corrected chi connectivity index (χ2v) is 6.17. The Morgan fingerprint density at radius 2 is 1.90 bits per heavy atom. The molecule has 2 aromatic rings. The normalized spacial score (nSPS) is 16.4. The number of benzene rings is 1. The molecule has 0 bridgehead atoms. The third-order valence-electron chi connectivity index (χ3n) is 3.61. The summed E-state index contributed by atoms with van der Waals surface area (Å²) >= 11 is 3.55. The molecule has 0 aliphatic carbocycles. The number of hydrogen-bond acceptors (Lipinski definition) is 3. The van der Waals surface area contributed by atoms with E-state index in [0.717, 1.165) is 15.7 Å². The van der Waals surface area contributed by atoms with Crippen LogP contribution in [-0.4, -0.2) is 15.9 Å². The van der Waals surface area contributed by atoms with Gasteiger partial charge in [-0.15, -0.1) is 0 Å². The molecule has 0 fully saturated rings. The van der Waals surface area contributed by atoms with Gasteiger partial charge in [0.1, 0.15) is 5.82 Å². The lowest BCUT2D eigenvalue weighted by molar-refractivity contribution is -0.122. The summed E-state index contributed by atoms with van der Waals surface area (Å²) < 4.78 is 0.963. The zero-order chi connectivity index (χ0) is 14.3. The van der Waals surface area contributed by atoms with Crippen molar-refractivity contribution >= 4 is 27.5 Å². The lowest BCUT2D eigenvalue weighted by Crippen LogP contribution is -2.36. The van der Waals surface area contributed by atoms with Crippen molar-refractivity contribution in [3.8, 4) is 0 Å². The molecule has 0 spiro atoms. The predicted molar refractivity (Wildman–Crippen MR) is 80.4 cm³/mol. The molecule has 20 heavy (non-hydrogen) atoms. The molecule has 4 nitrogen and oxygen atoms in total. The molecule has 0 atom stereocenters. The molecule has 1 amide bonds. The molecule has 0 saturated heterocycles. The van der Waals surface area contributed by atoms with E-state index in [1.807, 2.05) is 32.0 Å². The average molecular weight is 332 g/mol. The zero-order valence-electron chi connectivity index (χ0n) is 11.3. The van der Waals surface area contributed by atoms with Crippen molar-refractivity contribution in [1.29, 1.82) is 0 Å². The van der Waals surface area contributed by atoms with Gasteiger partial charge in [-0.25, -0.2) is 9.97 Å². The van der Waals surface area contributed by atoms with Gasteiger partial charge in [0.25, 0.3) is 0 Å². The van der Waals surface area contributed by atoms with Crippen LogP contribution >= 0.6 is 15.9 Å². The summed E-state index contributed by atoms with van der Waals surface area (Å²) in [7, 11) is 0. The lowest BCUT2D eigenvalue weighted by Gasteiger charge is -2.19. The lowest BCUT2D eigenvalue weighted by atomic mass is 9.86. The highest BCUT2D eigenvalue weighted by Crippen LogP contribution is 2.45. The van der Waals surface area contributed by atoms with Crippen LogP contribution < -0.4 is 4.90 Å². The molecule has 1 aliphatic rings. The van der Waals surface area contributed by atoms with Gasteiger partial charge in [-0.1, -0.05) is 22.0 Å². The third-order valence-corrected chi connectivity index (χ3v) is 4.27. The van der Waals surface area contributed by atoms with Crippen molar-refractivity contribution in [2.24, 2.45) is 0 Å². The number of amides is 1. The molecule has 2 heterocycles. The van der Waals surface area contributed by atoms with E-state index in [1.165, 1.54) is 0 Å². The smallest absolute Gasteiger partial charge is 0.237 e. The van der Waals surface area contributed by atoms with Crippen LogP contribution in [0.4, 0.5) is 5.69 Å². The highest BCUT2D eigenvalue weighted by atomic mass is 79.9. The summed E-state index contributed by atoms with van der Waals surface area (Å²) in [5.41, 5.74) is 1.42. The maximum Gasteiger partial charge on any atom is 0.237 e. The predicted octanol–water partition coefficient (Wildman–Crippen LogP) is 3.06. The van der Waals surface area contributed by atoms with Crippen LogP contribution in [0.1, 0.15) is 25.2 Å². The fourth-order valence-corrected chi connectivity index (χ4v) is 3.47. The van der Waals surface area contributed by atoms with E-state index in [2.05, 4.69) is 25.9 Å². The number of carbonyl (C=O) groups is 1. The van der Waals surface area contributed by atoms with Gasteiger partial charge in [-0.2, -0.15) is 0 Å². The van der Waals surface area contributed by atoms with Crippen molar-refractivity contribution in [2.45, 2.75) is 25.8 Å². The van der Waals surface area contributed by atoms with Gasteiger partial charge in [-0.3, -0.25) is 4.79 Å². The first-order chi connectivity index (χ1) is 9.51. The number of fused-ring (bicyclic) bond motifs is 1. The van der Waals surface area contributed by atoms with Gasteiger partial charge in [0.05, 0.1) is 12.0 Å². The number of rotatable bonds is 2. The molecule has 1 aromatic heterocycles. The Hall–Kier alpha value is -1.75. The van der Waals surface area contributed by atoms with E-state index in [9.17, 15) is 4.79 Å². The van der Waals surface area contributed by atoms with E-state index in [4.69, 9.17) is 0 Å². The first-order valence-corrected chi connectivity index (χ1v) is 7.18. The summed E-state index contributed by atoms with van der Waals surface area (Å²) in [6.45, 7) is 4.29. The molecule has 1 aromatic carbocycles. The number of hydrogen-bond donors (Lipinski definition) is 0. The number of carbonyl (C=O) groups excluding carboxylic acids is 1. The first-order valence-electron chi connectivity index (χ1n) is 6.38. The van der Waals surface area contributed by atoms with Crippen LogP contribution in [0.15, 0.2) is 41.1 Å². The Morgan fingerprint density at radius 3 is 2.60 bits per heavy atom. The molecular weight excluding hydrogens is 318 g/mol. The summed E-state index contributed by atoms with van der Waals surface area (Å²) in [4.78, 5) is 22.9. The van der Waals surface area contributed by atoms with Crippen molar-refractivity contribution in [2.75, 3.05) is 4.90 Å². The standard InChI is InChI=1S/C15H14BrN3O/c1-15(2)13-10(16)5-3-6-11(13)19(14(15)20)9-12-17-7-4-8-18-12/h3-8H,9H2,1-2H3. The molecule has 5 heteroatoms. The van der Waals surface area contributed by atoms with Crippen LogP contribution in [0.3, 0.4) is 0 Å². The molecular formula is C15H14BrN3O. The number of aromatic nitrogens is 2. The molecule has 0 unspecified atom stereocenters.